The summed E-state index contributed by atoms with van der Waals surface area (Å²) >= 11 is 0. The second-order valence-corrected chi connectivity index (χ2v) is 10.3. The summed E-state index contributed by atoms with van der Waals surface area (Å²) < 4.78 is 0. The molecule has 5 atom stereocenters. The summed E-state index contributed by atoms with van der Waals surface area (Å²) in [6.07, 6.45) is 3.80. The zero-order valence-electron chi connectivity index (χ0n) is 19.2. The van der Waals surface area contributed by atoms with Crippen LogP contribution >= 0.6 is 0 Å². The highest BCUT2D eigenvalue weighted by Crippen LogP contribution is 2.42. The number of hydrogen-bond donors (Lipinski definition) is 3. The molecule has 0 radical (unpaired) electrons. The van der Waals surface area contributed by atoms with Crippen LogP contribution in [0.4, 0.5) is 0 Å². The van der Waals surface area contributed by atoms with Crippen molar-refractivity contribution in [2.45, 2.75) is 70.9 Å². The summed E-state index contributed by atoms with van der Waals surface area (Å²) in [5.74, 6) is -0.841. The van der Waals surface area contributed by atoms with Crippen LogP contribution in [0, 0.1) is 17.3 Å². The zero-order chi connectivity index (χ0) is 23.3. The predicted octanol–water partition coefficient (Wildman–Crippen LogP) is 2.31. The van der Waals surface area contributed by atoms with Gasteiger partial charge in [-0.1, -0.05) is 51.1 Å². The lowest BCUT2D eigenvalue weighted by atomic mass is 9.69. The molecule has 1 aromatic rings. The van der Waals surface area contributed by atoms with Gasteiger partial charge >= 0.3 is 0 Å². The molecule has 3 amide bonds. The zero-order valence-corrected chi connectivity index (χ0v) is 19.2. The van der Waals surface area contributed by atoms with E-state index in [1.807, 2.05) is 51.1 Å². The Hall–Kier alpha value is -2.70. The Kier molecular flexibility index (Phi) is 7.69. The van der Waals surface area contributed by atoms with E-state index in [4.69, 9.17) is 0 Å². The minimum absolute atomic E-state index is 0.0809. The van der Waals surface area contributed by atoms with E-state index in [9.17, 15) is 19.2 Å². The number of carbonyl (C=O) groups is 4. The second-order valence-electron chi connectivity index (χ2n) is 10.3. The van der Waals surface area contributed by atoms with Crippen molar-refractivity contribution in [3.05, 3.63) is 35.9 Å². The average Bonchev–Trinajstić information content (AvgIpc) is 3.10. The Morgan fingerprint density at radius 2 is 1.84 bits per heavy atom. The van der Waals surface area contributed by atoms with Gasteiger partial charge in [-0.2, -0.15) is 0 Å². The fraction of sp³-hybridized carbons (Fsp3) is 0.600. The second kappa shape index (κ2) is 10.3. The molecule has 1 heterocycles. The predicted molar refractivity (Wildman–Crippen MR) is 122 cm³/mol. The van der Waals surface area contributed by atoms with E-state index in [-0.39, 0.29) is 47.3 Å². The molecule has 1 aliphatic carbocycles. The summed E-state index contributed by atoms with van der Waals surface area (Å²) in [6, 6.07) is 8.50. The Morgan fingerprint density at radius 3 is 2.38 bits per heavy atom. The molecule has 1 aromatic carbocycles. The standard InChI is InChI=1S/C25H35N3O4/c1-25(2,3)14-21(24(32)27-18(15-29)13-17-11-12-26-22(17)30)28-23(31)20-10-9-19(20)16-7-5-4-6-8-16/h4-8,15,17-21H,9-14H2,1-3H3,(H,26,30)(H,27,32)(H,28,31)/t17-,18-,19+,20+,21-/m0/s1. The Bertz CT molecular complexity index is 833. The van der Waals surface area contributed by atoms with Crippen LogP contribution in [-0.4, -0.2) is 42.6 Å². The third-order valence-corrected chi connectivity index (χ3v) is 6.48. The molecule has 174 valence electrons. The highest BCUT2D eigenvalue weighted by molar-refractivity contribution is 5.90. The average molecular weight is 442 g/mol. The minimum atomic E-state index is -0.753. The van der Waals surface area contributed by atoms with E-state index in [0.717, 1.165) is 18.4 Å². The van der Waals surface area contributed by atoms with Gasteiger partial charge in [-0.15, -0.1) is 0 Å². The molecule has 0 unspecified atom stereocenters. The summed E-state index contributed by atoms with van der Waals surface area (Å²) in [7, 11) is 0. The van der Waals surface area contributed by atoms with Crippen molar-refractivity contribution in [2.75, 3.05) is 6.54 Å². The molecule has 32 heavy (non-hydrogen) atoms. The summed E-state index contributed by atoms with van der Waals surface area (Å²) in [5, 5.41) is 8.47. The van der Waals surface area contributed by atoms with Crippen molar-refractivity contribution in [1.29, 1.82) is 0 Å². The van der Waals surface area contributed by atoms with Crippen LogP contribution in [0.1, 0.15) is 64.4 Å². The maximum Gasteiger partial charge on any atom is 0.243 e. The molecule has 2 fully saturated rings. The number of rotatable bonds is 9. The molecular formula is C25H35N3O4. The van der Waals surface area contributed by atoms with Crippen LogP contribution in [0.15, 0.2) is 30.3 Å². The first-order valence-corrected chi connectivity index (χ1v) is 11.6. The summed E-state index contributed by atoms with van der Waals surface area (Å²) in [5.41, 5.74) is 0.946. The molecule has 0 bridgehead atoms. The van der Waals surface area contributed by atoms with Crippen molar-refractivity contribution < 1.29 is 19.2 Å². The first-order chi connectivity index (χ1) is 15.2. The largest absolute Gasteiger partial charge is 0.356 e. The summed E-state index contributed by atoms with van der Waals surface area (Å²) in [6.45, 7) is 6.62. The maximum atomic E-state index is 13.1. The number of carbonyl (C=O) groups excluding carboxylic acids is 4. The van der Waals surface area contributed by atoms with E-state index in [2.05, 4.69) is 16.0 Å². The number of nitrogens with one attached hydrogen (secondary N) is 3. The van der Waals surface area contributed by atoms with Crippen molar-refractivity contribution in [3.8, 4) is 0 Å². The first-order valence-electron chi connectivity index (χ1n) is 11.6. The van der Waals surface area contributed by atoms with Gasteiger partial charge in [0.15, 0.2) is 0 Å². The number of hydrogen-bond acceptors (Lipinski definition) is 4. The van der Waals surface area contributed by atoms with E-state index < -0.39 is 12.1 Å². The molecular weight excluding hydrogens is 406 g/mol. The van der Waals surface area contributed by atoms with Crippen molar-refractivity contribution in [3.63, 3.8) is 0 Å². The van der Waals surface area contributed by atoms with Crippen LogP contribution in [0.3, 0.4) is 0 Å². The van der Waals surface area contributed by atoms with E-state index >= 15 is 0 Å². The van der Waals surface area contributed by atoms with Gasteiger partial charge in [0.05, 0.1) is 6.04 Å². The van der Waals surface area contributed by atoms with Gasteiger partial charge in [-0.3, -0.25) is 14.4 Å². The topological polar surface area (TPSA) is 104 Å². The number of benzene rings is 1. The van der Waals surface area contributed by atoms with Crippen LogP contribution < -0.4 is 16.0 Å². The van der Waals surface area contributed by atoms with Gasteiger partial charge in [0, 0.05) is 18.4 Å². The smallest absolute Gasteiger partial charge is 0.243 e. The molecule has 3 N–H and O–H groups in total. The lowest BCUT2D eigenvalue weighted by molar-refractivity contribution is -0.134. The van der Waals surface area contributed by atoms with Crippen LogP contribution in [0.5, 0.6) is 0 Å². The molecule has 3 rings (SSSR count). The Balaban J connectivity index is 1.64. The molecule has 0 aromatic heterocycles. The molecule has 2 aliphatic rings. The molecule has 7 heteroatoms. The first kappa shape index (κ1) is 24.0. The van der Waals surface area contributed by atoms with Gasteiger partial charge in [0.25, 0.3) is 0 Å². The highest BCUT2D eigenvalue weighted by atomic mass is 16.2. The van der Waals surface area contributed by atoms with E-state index in [1.54, 1.807) is 0 Å². The Morgan fingerprint density at radius 1 is 1.12 bits per heavy atom. The van der Waals surface area contributed by atoms with Crippen LogP contribution in [0.2, 0.25) is 0 Å². The number of amides is 3. The van der Waals surface area contributed by atoms with E-state index in [0.29, 0.717) is 25.7 Å². The fourth-order valence-electron chi connectivity index (χ4n) is 4.62. The highest BCUT2D eigenvalue weighted by Gasteiger charge is 2.39. The molecule has 1 saturated carbocycles. The monoisotopic (exact) mass is 441 g/mol. The third-order valence-electron chi connectivity index (χ3n) is 6.48. The fourth-order valence-corrected chi connectivity index (χ4v) is 4.62. The van der Waals surface area contributed by atoms with Crippen molar-refractivity contribution in [2.24, 2.45) is 17.3 Å². The molecule has 1 saturated heterocycles. The quantitative estimate of drug-likeness (QED) is 0.512. The normalized spacial score (nSPS) is 24.6. The molecule has 1 aliphatic heterocycles. The van der Waals surface area contributed by atoms with Gasteiger partial charge in [0.2, 0.25) is 17.7 Å². The van der Waals surface area contributed by atoms with Gasteiger partial charge in [0.1, 0.15) is 12.3 Å². The van der Waals surface area contributed by atoms with Gasteiger partial charge in [-0.05, 0) is 49.0 Å². The maximum absolute atomic E-state index is 13.1. The summed E-state index contributed by atoms with van der Waals surface area (Å²) in [4.78, 5) is 49.6. The SMILES string of the molecule is CC(C)(C)C[C@H](NC(=O)[C@@H]1CC[C@@H]1c1ccccc1)C(=O)N[C@H](C=O)C[C@@H]1CCNC1=O. The third kappa shape index (κ3) is 6.17. The minimum Gasteiger partial charge on any atom is -0.356 e. The van der Waals surface area contributed by atoms with E-state index in [1.165, 1.54) is 0 Å². The Labute approximate surface area is 190 Å². The van der Waals surface area contributed by atoms with Gasteiger partial charge < -0.3 is 20.7 Å². The number of aldehydes is 1. The lowest BCUT2D eigenvalue weighted by Gasteiger charge is -2.37. The molecule has 0 spiro atoms. The van der Waals surface area contributed by atoms with Gasteiger partial charge in [-0.25, -0.2) is 0 Å². The molecule has 7 nitrogen and oxygen atoms in total. The van der Waals surface area contributed by atoms with Crippen LogP contribution in [0.25, 0.3) is 0 Å². The van der Waals surface area contributed by atoms with Crippen LogP contribution in [-0.2, 0) is 19.2 Å². The van der Waals surface area contributed by atoms with Crippen molar-refractivity contribution in [1.82, 2.24) is 16.0 Å². The van der Waals surface area contributed by atoms with Crippen molar-refractivity contribution >= 4 is 24.0 Å². The lowest BCUT2D eigenvalue weighted by Crippen LogP contribution is -2.54.